The van der Waals surface area contributed by atoms with Crippen LogP contribution in [0.3, 0.4) is 0 Å². The molecule has 2 heterocycles. The van der Waals surface area contributed by atoms with Gasteiger partial charge in [0.1, 0.15) is 6.33 Å². The third-order valence-electron chi connectivity index (χ3n) is 3.98. The van der Waals surface area contributed by atoms with E-state index in [2.05, 4.69) is 41.3 Å². The molecule has 0 fully saturated rings. The molecule has 0 radical (unpaired) electrons. The molecule has 0 saturated carbocycles. The Bertz CT molecular complexity index is 781. The molecule has 0 aliphatic heterocycles. The number of aryl methyl sites for hydroxylation is 1. The Morgan fingerprint density at radius 2 is 2.04 bits per heavy atom. The van der Waals surface area contributed by atoms with Crippen molar-refractivity contribution in [2.45, 2.75) is 19.4 Å². The zero-order chi connectivity index (χ0) is 16.4. The van der Waals surface area contributed by atoms with Crippen molar-refractivity contribution in [1.29, 1.82) is 0 Å². The molecule has 3 aromatic rings. The lowest BCUT2D eigenvalue weighted by atomic mass is 10.0. The molecule has 0 amide bonds. The van der Waals surface area contributed by atoms with Crippen LogP contribution < -0.4 is 0 Å². The summed E-state index contributed by atoms with van der Waals surface area (Å²) in [6, 6.07) is 8.20. The molecule has 7 heteroatoms. The Kier molecular flexibility index (Phi) is 4.61. The largest absolute Gasteiger partial charge is 0.492 e. The van der Waals surface area contributed by atoms with Crippen molar-refractivity contribution in [1.82, 2.24) is 19.5 Å². The number of hydrogen-bond donors (Lipinski definition) is 2. The number of aromatic nitrogens is 3. The van der Waals surface area contributed by atoms with Crippen LogP contribution in [0.5, 0.6) is 5.88 Å². The monoisotopic (exact) mass is 332 g/mol. The molecule has 0 saturated heterocycles. The quantitative estimate of drug-likeness (QED) is 0.723. The molecule has 6 nitrogen and oxygen atoms in total. The van der Waals surface area contributed by atoms with Gasteiger partial charge in [0.15, 0.2) is 0 Å². The zero-order valence-electron chi connectivity index (χ0n) is 13.2. The highest BCUT2D eigenvalue weighted by Gasteiger charge is 2.26. The highest BCUT2D eigenvalue weighted by atomic mass is 32.1. The fourth-order valence-electron chi connectivity index (χ4n) is 2.70. The van der Waals surface area contributed by atoms with E-state index in [9.17, 15) is 10.2 Å². The third-order valence-corrected chi connectivity index (χ3v) is 5.07. The van der Waals surface area contributed by atoms with E-state index in [0.717, 1.165) is 16.9 Å². The van der Waals surface area contributed by atoms with Gasteiger partial charge >= 0.3 is 0 Å². The van der Waals surface area contributed by atoms with Gasteiger partial charge in [-0.3, -0.25) is 4.90 Å². The fourth-order valence-corrected chi connectivity index (χ4v) is 3.82. The van der Waals surface area contributed by atoms with E-state index in [1.54, 1.807) is 0 Å². The van der Waals surface area contributed by atoms with Gasteiger partial charge in [0.2, 0.25) is 10.8 Å². The average Bonchev–Trinajstić information content (AvgIpc) is 3.13. The summed E-state index contributed by atoms with van der Waals surface area (Å²) in [5.74, 6) is 0.108. The van der Waals surface area contributed by atoms with Gasteiger partial charge in [-0.25, -0.2) is 4.98 Å². The Balaban J connectivity index is 2.07. The van der Waals surface area contributed by atoms with Gasteiger partial charge in [-0.2, -0.15) is 9.61 Å². The first-order valence-corrected chi connectivity index (χ1v) is 8.38. The first-order valence-electron chi connectivity index (χ1n) is 7.57. The second kappa shape index (κ2) is 6.66. The molecule has 2 N–H and O–H groups in total. The molecule has 1 unspecified atom stereocenters. The van der Waals surface area contributed by atoms with Gasteiger partial charge in [0.05, 0.1) is 17.5 Å². The maximum atomic E-state index is 10.5. The number of hydrogen-bond acceptors (Lipinski definition) is 6. The van der Waals surface area contributed by atoms with Crippen LogP contribution in [0.1, 0.15) is 29.0 Å². The predicted octanol–water partition coefficient (Wildman–Crippen LogP) is 2.07. The number of fused-ring (bicyclic) bond motifs is 1. The maximum absolute atomic E-state index is 10.5. The number of nitrogens with zero attached hydrogens (tertiary/aromatic N) is 4. The highest BCUT2D eigenvalue weighted by Crippen LogP contribution is 2.38. The van der Waals surface area contributed by atoms with Crippen molar-refractivity contribution in [3.63, 3.8) is 0 Å². The Morgan fingerprint density at radius 1 is 1.30 bits per heavy atom. The van der Waals surface area contributed by atoms with Crippen LogP contribution in [0.15, 0.2) is 30.6 Å². The number of aromatic hydroxyl groups is 1. The fraction of sp³-hybridized carbons (Fsp3) is 0.375. The summed E-state index contributed by atoms with van der Waals surface area (Å²) in [7, 11) is 1.93. The van der Waals surface area contributed by atoms with Gasteiger partial charge in [-0.05, 0) is 24.6 Å². The highest BCUT2D eigenvalue weighted by molar-refractivity contribution is 7.17. The van der Waals surface area contributed by atoms with E-state index >= 15 is 0 Å². The first-order chi connectivity index (χ1) is 11.2. The normalized spacial score (nSPS) is 13.0. The lowest BCUT2D eigenvalue weighted by Gasteiger charge is -2.27. The summed E-state index contributed by atoms with van der Waals surface area (Å²) < 4.78 is 1.44. The predicted molar refractivity (Wildman–Crippen MR) is 89.9 cm³/mol. The topological polar surface area (TPSA) is 73.9 Å². The number of likely N-dealkylation sites (N-methyl/N-ethyl adjacent to an activating group) is 1. The number of aliphatic hydroxyl groups excluding tert-OH is 1. The van der Waals surface area contributed by atoms with Crippen LogP contribution in [0.2, 0.25) is 0 Å². The van der Waals surface area contributed by atoms with Crippen LogP contribution in [0, 0.1) is 0 Å². The molecule has 3 rings (SSSR count). The molecule has 0 aliphatic rings. The van der Waals surface area contributed by atoms with Gasteiger partial charge in [-0.1, -0.05) is 42.5 Å². The van der Waals surface area contributed by atoms with Crippen LogP contribution in [0.4, 0.5) is 0 Å². The van der Waals surface area contributed by atoms with Crippen LogP contribution in [-0.4, -0.2) is 49.9 Å². The van der Waals surface area contributed by atoms with Crippen molar-refractivity contribution in [3.8, 4) is 5.88 Å². The number of benzene rings is 1. The summed E-state index contributed by atoms with van der Waals surface area (Å²) in [5.41, 5.74) is 2.34. The van der Waals surface area contributed by atoms with E-state index in [-0.39, 0.29) is 18.5 Å². The smallest absolute Gasteiger partial charge is 0.230 e. The van der Waals surface area contributed by atoms with Gasteiger partial charge in [0, 0.05) is 6.54 Å². The Labute approximate surface area is 138 Å². The summed E-state index contributed by atoms with van der Waals surface area (Å²) >= 11 is 1.41. The summed E-state index contributed by atoms with van der Waals surface area (Å²) in [6.07, 6.45) is 2.41. The molecule has 1 atom stereocenters. The molecular weight excluding hydrogens is 312 g/mol. The molecule has 1 aromatic carbocycles. The van der Waals surface area contributed by atoms with Crippen molar-refractivity contribution >= 4 is 16.3 Å². The number of rotatable bonds is 6. The van der Waals surface area contributed by atoms with E-state index in [4.69, 9.17) is 0 Å². The standard InChI is InChI=1S/C16H20N4O2S/c1-3-11-4-6-12(7-5-11)13(19(2)8-9-21)14-15(22)20-16(23-14)17-10-18-20/h4-7,10,13,21-22H,3,8-9H2,1-2H3. The van der Waals surface area contributed by atoms with Crippen molar-refractivity contribution in [2.24, 2.45) is 0 Å². The second-order valence-electron chi connectivity index (χ2n) is 5.45. The summed E-state index contributed by atoms with van der Waals surface area (Å²) in [6.45, 7) is 2.69. The van der Waals surface area contributed by atoms with E-state index in [0.29, 0.717) is 11.5 Å². The van der Waals surface area contributed by atoms with Gasteiger partial charge < -0.3 is 10.2 Å². The van der Waals surface area contributed by atoms with E-state index < -0.39 is 0 Å². The average molecular weight is 332 g/mol. The lowest BCUT2D eigenvalue weighted by Crippen LogP contribution is -2.28. The van der Waals surface area contributed by atoms with Crippen molar-refractivity contribution < 1.29 is 10.2 Å². The molecule has 2 aromatic heterocycles. The van der Waals surface area contributed by atoms with Crippen molar-refractivity contribution in [2.75, 3.05) is 20.2 Å². The molecule has 0 aliphatic carbocycles. The first kappa shape index (κ1) is 15.9. The molecule has 0 bridgehead atoms. The number of aliphatic hydroxyl groups is 1. The third kappa shape index (κ3) is 2.95. The Hall–Kier alpha value is -1.96. The van der Waals surface area contributed by atoms with Gasteiger partial charge in [0.25, 0.3) is 0 Å². The maximum Gasteiger partial charge on any atom is 0.230 e. The molecular formula is C16H20N4O2S. The minimum absolute atomic E-state index is 0.0571. The zero-order valence-corrected chi connectivity index (χ0v) is 14.0. The Morgan fingerprint density at radius 3 is 2.65 bits per heavy atom. The summed E-state index contributed by atoms with van der Waals surface area (Å²) in [5, 5.41) is 23.9. The van der Waals surface area contributed by atoms with E-state index in [1.807, 2.05) is 11.9 Å². The van der Waals surface area contributed by atoms with E-state index in [1.165, 1.54) is 27.7 Å². The minimum atomic E-state index is -0.151. The second-order valence-corrected chi connectivity index (χ2v) is 6.46. The number of thiazole rings is 1. The molecule has 0 spiro atoms. The minimum Gasteiger partial charge on any atom is -0.492 e. The molecule has 23 heavy (non-hydrogen) atoms. The van der Waals surface area contributed by atoms with Crippen LogP contribution >= 0.6 is 11.3 Å². The lowest BCUT2D eigenvalue weighted by molar-refractivity contribution is 0.196. The SMILES string of the molecule is CCc1ccc(C(c2sc3ncnn3c2O)N(C)CCO)cc1. The van der Waals surface area contributed by atoms with Crippen LogP contribution in [-0.2, 0) is 6.42 Å². The molecule has 122 valence electrons. The van der Waals surface area contributed by atoms with Gasteiger partial charge in [-0.15, -0.1) is 0 Å². The van der Waals surface area contributed by atoms with Crippen molar-refractivity contribution in [3.05, 3.63) is 46.6 Å². The summed E-state index contributed by atoms with van der Waals surface area (Å²) in [4.78, 5) is 7.61. The van der Waals surface area contributed by atoms with Crippen LogP contribution in [0.25, 0.3) is 4.96 Å².